The standard InChI is InChI=1S/C12H10F3N3O/c13-12(14,15)8-6-9(16)10(17)18-11(8)19-7-4-2-1-3-5-7/h1-6H,16H2,(H2,17,18). The van der Waals surface area contributed by atoms with Gasteiger partial charge in [-0.3, -0.25) is 0 Å². The molecule has 19 heavy (non-hydrogen) atoms. The number of nitrogens with zero attached hydrogens (tertiary/aromatic N) is 1. The van der Waals surface area contributed by atoms with Crippen molar-refractivity contribution in [1.29, 1.82) is 0 Å². The van der Waals surface area contributed by atoms with Crippen LogP contribution < -0.4 is 16.2 Å². The van der Waals surface area contributed by atoms with Crippen molar-refractivity contribution >= 4 is 11.5 Å². The van der Waals surface area contributed by atoms with E-state index in [1.807, 2.05) is 0 Å². The van der Waals surface area contributed by atoms with Gasteiger partial charge in [0.2, 0.25) is 5.88 Å². The van der Waals surface area contributed by atoms with Crippen LogP contribution in [0.2, 0.25) is 0 Å². The topological polar surface area (TPSA) is 74.2 Å². The van der Waals surface area contributed by atoms with Crippen LogP contribution in [-0.4, -0.2) is 4.98 Å². The third-order valence-electron chi connectivity index (χ3n) is 2.31. The van der Waals surface area contributed by atoms with Gasteiger partial charge < -0.3 is 16.2 Å². The van der Waals surface area contributed by atoms with Crippen molar-refractivity contribution in [2.75, 3.05) is 11.5 Å². The molecule has 0 saturated carbocycles. The Morgan fingerprint density at radius 1 is 1.05 bits per heavy atom. The molecule has 7 heteroatoms. The van der Waals surface area contributed by atoms with Gasteiger partial charge in [0.25, 0.3) is 0 Å². The van der Waals surface area contributed by atoms with Gasteiger partial charge in [-0.15, -0.1) is 0 Å². The summed E-state index contributed by atoms with van der Waals surface area (Å²) in [5, 5.41) is 0. The second-order valence-corrected chi connectivity index (χ2v) is 3.73. The average molecular weight is 269 g/mol. The molecule has 1 aromatic carbocycles. The highest BCUT2D eigenvalue weighted by atomic mass is 19.4. The maximum Gasteiger partial charge on any atom is 0.421 e. The zero-order valence-corrected chi connectivity index (χ0v) is 9.61. The SMILES string of the molecule is Nc1cc(C(F)(F)F)c(Oc2ccccc2)nc1N. The molecule has 0 atom stereocenters. The molecular weight excluding hydrogens is 259 g/mol. The minimum atomic E-state index is -4.63. The van der Waals surface area contributed by atoms with Crippen LogP contribution in [0.1, 0.15) is 5.56 Å². The van der Waals surface area contributed by atoms with Crippen LogP contribution in [0.4, 0.5) is 24.7 Å². The molecule has 0 aliphatic carbocycles. The van der Waals surface area contributed by atoms with Gasteiger partial charge in [0.1, 0.15) is 11.3 Å². The highest BCUT2D eigenvalue weighted by Gasteiger charge is 2.36. The Morgan fingerprint density at radius 2 is 1.68 bits per heavy atom. The van der Waals surface area contributed by atoms with Crippen molar-refractivity contribution in [1.82, 2.24) is 4.98 Å². The first-order valence-electron chi connectivity index (χ1n) is 5.24. The maximum atomic E-state index is 12.8. The number of pyridine rings is 1. The minimum Gasteiger partial charge on any atom is -0.438 e. The molecule has 100 valence electrons. The van der Waals surface area contributed by atoms with Crippen molar-refractivity contribution in [3.8, 4) is 11.6 Å². The Morgan fingerprint density at radius 3 is 2.26 bits per heavy atom. The number of ether oxygens (including phenoxy) is 1. The quantitative estimate of drug-likeness (QED) is 0.878. The van der Waals surface area contributed by atoms with Gasteiger partial charge in [-0.05, 0) is 18.2 Å². The van der Waals surface area contributed by atoms with Crippen LogP contribution in [0.3, 0.4) is 0 Å². The van der Waals surface area contributed by atoms with Gasteiger partial charge in [-0.2, -0.15) is 18.2 Å². The summed E-state index contributed by atoms with van der Waals surface area (Å²) in [7, 11) is 0. The van der Waals surface area contributed by atoms with E-state index in [0.717, 1.165) is 0 Å². The maximum absolute atomic E-state index is 12.8. The van der Waals surface area contributed by atoms with Gasteiger partial charge in [0.05, 0.1) is 5.69 Å². The first kappa shape index (κ1) is 13.0. The Hall–Kier alpha value is -2.44. The number of halogens is 3. The Labute approximate surface area is 106 Å². The van der Waals surface area contributed by atoms with E-state index < -0.39 is 17.6 Å². The third-order valence-corrected chi connectivity index (χ3v) is 2.31. The monoisotopic (exact) mass is 269 g/mol. The largest absolute Gasteiger partial charge is 0.438 e. The van der Waals surface area contributed by atoms with Crippen molar-refractivity contribution in [2.45, 2.75) is 6.18 Å². The first-order valence-corrected chi connectivity index (χ1v) is 5.24. The number of rotatable bonds is 2. The van der Waals surface area contributed by atoms with Crippen LogP contribution in [0.5, 0.6) is 11.6 Å². The summed E-state index contributed by atoms with van der Waals surface area (Å²) in [6.45, 7) is 0. The fraction of sp³-hybridized carbons (Fsp3) is 0.0833. The molecule has 0 unspecified atom stereocenters. The number of anilines is 2. The summed E-state index contributed by atoms with van der Waals surface area (Å²) in [5.41, 5.74) is 9.43. The van der Waals surface area contributed by atoms with Gasteiger partial charge in [-0.1, -0.05) is 18.2 Å². The van der Waals surface area contributed by atoms with Gasteiger partial charge in [0.15, 0.2) is 5.82 Å². The lowest BCUT2D eigenvalue weighted by atomic mass is 10.2. The zero-order valence-electron chi connectivity index (χ0n) is 9.61. The molecule has 0 amide bonds. The Balaban J connectivity index is 2.47. The molecule has 0 aliphatic heterocycles. The van der Waals surface area contributed by atoms with E-state index in [1.165, 1.54) is 12.1 Å². The van der Waals surface area contributed by atoms with E-state index in [1.54, 1.807) is 18.2 Å². The highest BCUT2D eigenvalue weighted by molar-refractivity contribution is 5.62. The lowest BCUT2D eigenvalue weighted by molar-refractivity contribution is -0.138. The number of nitrogen functional groups attached to an aromatic ring is 2. The Bertz CT molecular complexity index is 585. The summed E-state index contributed by atoms with van der Waals surface area (Å²) in [4.78, 5) is 3.54. The molecule has 1 heterocycles. The average Bonchev–Trinajstić information content (AvgIpc) is 2.33. The molecule has 2 rings (SSSR count). The summed E-state index contributed by atoms with van der Waals surface area (Å²) in [6.07, 6.45) is -4.63. The molecule has 0 spiro atoms. The minimum absolute atomic E-state index is 0.209. The summed E-state index contributed by atoms with van der Waals surface area (Å²) in [5.74, 6) is -0.603. The number of aromatic nitrogens is 1. The molecule has 4 nitrogen and oxygen atoms in total. The number of hydrogen-bond donors (Lipinski definition) is 2. The van der Waals surface area contributed by atoms with E-state index in [-0.39, 0.29) is 17.3 Å². The van der Waals surface area contributed by atoms with Crippen molar-refractivity contribution in [3.05, 3.63) is 42.0 Å². The molecule has 1 aromatic heterocycles. The van der Waals surface area contributed by atoms with Gasteiger partial charge in [0, 0.05) is 0 Å². The number of alkyl halides is 3. The number of hydrogen-bond acceptors (Lipinski definition) is 4. The molecule has 4 N–H and O–H groups in total. The normalized spacial score (nSPS) is 11.3. The molecule has 0 saturated heterocycles. The van der Waals surface area contributed by atoms with E-state index in [2.05, 4.69) is 4.98 Å². The summed E-state index contributed by atoms with van der Waals surface area (Å²) >= 11 is 0. The second kappa shape index (κ2) is 4.68. The molecule has 0 aliphatic rings. The highest BCUT2D eigenvalue weighted by Crippen LogP contribution is 2.39. The molecular formula is C12H10F3N3O. The van der Waals surface area contributed by atoms with E-state index in [9.17, 15) is 13.2 Å². The predicted molar refractivity (Wildman–Crippen MR) is 64.6 cm³/mol. The van der Waals surface area contributed by atoms with Crippen LogP contribution in [0.25, 0.3) is 0 Å². The Kier molecular flexibility index (Phi) is 3.20. The lowest BCUT2D eigenvalue weighted by Crippen LogP contribution is -2.11. The predicted octanol–water partition coefficient (Wildman–Crippen LogP) is 3.06. The second-order valence-electron chi connectivity index (χ2n) is 3.73. The van der Waals surface area contributed by atoms with Crippen molar-refractivity contribution in [2.24, 2.45) is 0 Å². The molecule has 0 fully saturated rings. The first-order chi connectivity index (χ1) is 8.88. The number of benzene rings is 1. The summed E-state index contributed by atoms with van der Waals surface area (Å²) < 4.78 is 43.6. The lowest BCUT2D eigenvalue weighted by Gasteiger charge is -2.14. The van der Waals surface area contributed by atoms with Gasteiger partial charge in [-0.25, -0.2) is 0 Å². The third kappa shape index (κ3) is 2.87. The smallest absolute Gasteiger partial charge is 0.421 e. The molecule has 0 bridgehead atoms. The van der Waals surface area contributed by atoms with E-state index in [0.29, 0.717) is 6.07 Å². The van der Waals surface area contributed by atoms with E-state index in [4.69, 9.17) is 16.2 Å². The fourth-order valence-electron chi connectivity index (χ4n) is 1.41. The van der Waals surface area contributed by atoms with Crippen molar-refractivity contribution < 1.29 is 17.9 Å². The number of para-hydroxylation sites is 1. The van der Waals surface area contributed by atoms with Crippen LogP contribution >= 0.6 is 0 Å². The van der Waals surface area contributed by atoms with Crippen LogP contribution in [-0.2, 0) is 6.18 Å². The van der Waals surface area contributed by atoms with Crippen molar-refractivity contribution in [3.63, 3.8) is 0 Å². The molecule has 0 radical (unpaired) electrons. The van der Waals surface area contributed by atoms with Crippen LogP contribution in [0, 0.1) is 0 Å². The summed E-state index contributed by atoms with van der Waals surface area (Å²) in [6, 6.07) is 8.69. The number of nitrogens with two attached hydrogens (primary N) is 2. The van der Waals surface area contributed by atoms with Gasteiger partial charge >= 0.3 is 6.18 Å². The fourth-order valence-corrected chi connectivity index (χ4v) is 1.41. The van der Waals surface area contributed by atoms with Crippen LogP contribution in [0.15, 0.2) is 36.4 Å². The zero-order chi connectivity index (χ0) is 14.0. The molecule has 2 aromatic rings. The van der Waals surface area contributed by atoms with E-state index >= 15 is 0 Å².